The predicted molar refractivity (Wildman–Crippen MR) is 117 cm³/mol. The van der Waals surface area contributed by atoms with Crippen molar-refractivity contribution < 1.29 is 14.6 Å². The molecule has 3 aliphatic rings. The Morgan fingerprint density at radius 3 is 2.32 bits per heavy atom. The van der Waals surface area contributed by atoms with Crippen LogP contribution in [0.1, 0.15) is 5.56 Å². The molecule has 3 fully saturated rings. The molecule has 148 valence electrons. The van der Waals surface area contributed by atoms with E-state index in [4.69, 9.17) is 4.74 Å². The topological polar surface area (TPSA) is 49.8 Å². The Morgan fingerprint density at radius 1 is 1.11 bits per heavy atom. The molecule has 4 nitrogen and oxygen atoms in total. The molecule has 0 aromatic heterocycles. The molecule has 6 heteroatoms. The average molecular weight is 460 g/mol. The number of hydrogen-bond acceptors (Lipinski definition) is 3. The summed E-state index contributed by atoms with van der Waals surface area (Å²) in [5.41, 5.74) is 0.967. The number of hydrogen-bond donors (Lipinski definition) is 1. The number of benzene rings is 2. The second-order valence-electron chi connectivity index (χ2n) is 8.47. The number of nitrogens with zero attached hydrogens (tertiary/aromatic N) is 1. The Balaban J connectivity index is 1.51. The fourth-order valence-corrected chi connectivity index (χ4v) is 8.74. The standard InChI is InChI=1S/C22H26BrNO3Si/c1-28(2,16-11-7-4-8-12-16)14-17-18-19(23)20(21(18)25)24(17)22(26)27-13-15-9-5-3-6-10-15/h3-12,17-21,25H,13-14H2,1-2H3/t17-,18-,19-,20+,21+/m0/s1. The quantitative estimate of drug-likeness (QED) is 0.546. The van der Waals surface area contributed by atoms with Crippen LogP contribution in [0.3, 0.4) is 0 Å². The smallest absolute Gasteiger partial charge is 0.410 e. The van der Waals surface area contributed by atoms with Crippen LogP contribution in [0, 0.1) is 5.92 Å². The van der Waals surface area contributed by atoms with Gasteiger partial charge in [-0.1, -0.05) is 94.9 Å². The fraction of sp³-hybridized carbons (Fsp3) is 0.409. The zero-order valence-electron chi connectivity index (χ0n) is 16.2. The highest BCUT2D eigenvalue weighted by atomic mass is 79.9. The van der Waals surface area contributed by atoms with Crippen molar-refractivity contribution in [2.45, 2.75) is 48.8 Å². The first-order valence-electron chi connectivity index (χ1n) is 9.77. The van der Waals surface area contributed by atoms with Gasteiger partial charge in [0, 0.05) is 16.8 Å². The van der Waals surface area contributed by atoms with Crippen LogP contribution in [0.4, 0.5) is 4.79 Å². The number of amides is 1. The Labute approximate surface area is 175 Å². The maximum atomic E-state index is 13.0. The van der Waals surface area contributed by atoms with E-state index in [2.05, 4.69) is 53.3 Å². The van der Waals surface area contributed by atoms with E-state index in [-0.39, 0.29) is 35.5 Å². The van der Waals surface area contributed by atoms with Gasteiger partial charge in [-0.25, -0.2) is 4.79 Å². The Kier molecular flexibility index (Phi) is 5.38. The molecule has 1 N–H and O–H groups in total. The number of rotatable bonds is 5. The minimum atomic E-state index is -1.77. The average Bonchev–Trinajstić information content (AvgIpc) is 3.16. The highest BCUT2D eigenvalue weighted by Gasteiger charge is 2.66. The molecule has 5 atom stereocenters. The highest BCUT2D eigenvalue weighted by molar-refractivity contribution is 9.09. The van der Waals surface area contributed by atoms with Gasteiger partial charge in [-0.15, -0.1) is 0 Å². The van der Waals surface area contributed by atoms with Crippen molar-refractivity contribution in [3.63, 3.8) is 0 Å². The number of carbonyl (C=O) groups excluding carboxylic acids is 1. The predicted octanol–water partition coefficient (Wildman–Crippen LogP) is 3.75. The molecule has 0 radical (unpaired) electrons. The number of halogens is 1. The number of fused-ring (bicyclic) bond motifs is 1. The van der Waals surface area contributed by atoms with E-state index in [9.17, 15) is 9.90 Å². The molecule has 28 heavy (non-hydrogen) atoms. The summed E-state index contributed by atoms with van der Waals surface area (Å²) < 4.78 is 5.63. The van der Waals surface area contributed by atoms with Crippen molar-refractivity contribution >= 4 is 35.3 Å². The summed E-state index contributed by atoms with van der Waals surface area (Å²) in [4.78, 5) is 14.9. The van der Waals surface area contributed by atoms with Gasteiger partial charge in [-0.3, -0.25) is 4.90 Å². The molecule has 2 bridgehead atoms. The lowest BCUT2D eigenvalue weighted by Crippen LogP contribution is -2.54. The first-order valence-corrected chi connectivity index (χ1v) is 13.9. The van der Waals surface area contributed by atoms with Gasteiger partial charge in [0.25, 0.3) is 0 Å². The van der Waals surface area contributed by atoms with Crippen molar-refractivity contribution in [1.29, 1.82) is 0 Å². The number of ether oxygens (including phenoxy) is 1. The van der Waals surface area contributed by atoms with E-state index < -0.39 is 14.2 Å². The summed E-state index contributed by atoms with van der Waals surface area (Å²) in [6, 6.07) is 21.0. The van der Waals surface area contributed by atoms with E-state index in [0.717, 1.165) is 11.6 Å². The zero-order valence-corrected chi connectivity index (χ0v) is 18.7. The van der Waals surface area contributed by atoms with Gasteiger partial charge in [0.2, 0.25) is 0 Å². The van der Waals surface area contributed by atoms with E-state index in [1.807, 2.05) is 41.3 Å². The zero-order chi connectivity index (χ0) is 19.9. The summed E-state index contributed by atoms with van der Waals surface area (Å²) in [6.07, 6.45) is -0.792. The Hall–Kier alpha value is -1.63. The Morgan fingerprint density at radius 2 is 1.71 bits per heavy atom. The molecule has 2 aromatic carbocycles. The minimum Gasteiger partial charge on any atom is -0.445 e. The minimum absolute atomic E-state index is 0.00882. The summed E-state index contributed by atoms with van der Waals surface area (Å²) in [5, 5.41) is 12.0. The van der Waals surface area contributed by atoms with Gasteiger partial charge in [-0.05, 0) is 11.6 Å². The molecule has 1 aliphatic carbocycles. The third-order valence-corrected chi connectivity index (χ3v) is 10.7. The molecule has 0 unspecified atom stereocenters. The lowest BCUT2D eigenvalue weighted by Gasteiger charge is -2.37. The summed E-state index contributed by atoms with van der Waals surface area (Å²) in [5.74, 6) is 0.0739. The molecule has 2 saturated heterocycles. The van der Waals surface area contributed by atoms with Crippen LogP contribution < -0.4 is 5.19 Å². The lowest BCUT2D eigenvalue weighted by molar-refractivity contribution is 0.0252. The van der Waals surface area contributed by atoms with Crippen LogP contribution in [0.2, 0.25) is 19.1 Å². The van der Waals surface area contributed by atoms with Crippen LogP contribution in [-0.4, -0.2) is 47.2 Å². The molecule has 2 aliphatic heterocycles. The molecular weight excluding hydrogens is 434 g/mol. The molecular formula is C22H26BrNO3Si. The normalized spacial score (nSPS) is 28.7. The lowest BCUT2D eigenvalue weighted by atomic mass is 9.80. The van der Waals surface area contributed by atoms with Crippen molar-refractivity contribution in [1.82, 2.24) is 4.90 Å². The second-order valence-corrected chi connectivity index (χ2v) is 14.3. The van der Waals surface area contributed by atoms with E-state index in [1.54, 1.807) is 0 Å². The van der Waals surface area contributed by atoms with Crippen molar-refractivity contribution in [3.8, 4) is 0 Å². The van der Waals surface area contributed by atoms with Crippen LogP contribution in [0.25, 0.3) is 0 Å². The van der Waals surface area contributed by atoms with E-state index in [0.29, 0.717) is 0 Å². The van der Waals surface area contributed by atoms with E-state index >= 15 is 0 Å². The second kappa shape index (κ2) is 7.65. The van der Waals surface area contributed by atoms with Gasteiger partial charge in [-0.2, -0.15) is 0 Å². The molecule has 2 heterocycles. The highest BCUT2D eigenvalue weighted by Crippen LogP contribution is 2.52. The van der Waals surface area contributed by atoms with Gasteiger partial charge in [0.1, 0.15) is 6.61 Å². The van der Waals surface area contributed by atoms with Crippen molar-refractivity contribution in [3.05, 3.63) is 66.2 Å². The fourth-order valence-electron chi connectivity index (χ4n) is 4.67. The summed E-state index contributed by atoms with van der Waals surface area (Å²) >= 11 is 3.71. The largest absolute Gasteiger partial charge is 0.445 e. The van der Waals surface area contributed by atoms with Crippen LogP contribution in [0.5, 0.6) is 0 Å². The summed E-state index contributed by atoms with van der Waals surface area (Å²) in [6.45, 7) is 4.92. The number of carbonyl (C=O) groups is 1. The van der Waals surface area contributed by atoms with Gasteiger partial charge in [0.15, 0.2) is 0 Å². The van der Waals surface area contributed by atoms with Crippen molar-refractivity contribution in [2.24, 2.45) is 5.92 Å². The third-order valence-electron chi connectivity index (χ3n) is 6.25. The van der Waals surface area contributed by atoms with Gasteiger partial charge < -0.3 is 9.84 Å². The maximum absolute atomic E-state index is 13.0. The number of alkyl halides is 1. The number of aliphatic hydroxyl groups is 1. The third kappa shape index (κ3) is 3.42. The first-order chi connectivity index (χ1) is 13.4. The van der Waals surface area contributed by atoms with Gasteiger partial charge >= 0.3 is 6.09 Å². The first kappa shape index (κ1) is 19.7. The molecule has 1 saturated carbocycles. The van der Waals surface area contributed by atoms with Gasteiger partial charge in [0.05, 0.1) is 20.2 Å². The molecule has 2 aromatic rings. The Bertz CT molecular complexity index is 822. The molecule has 1 amide bonds. The van der Waals surface area contributed by atoms with Crippen LogP contribution >= 0.6 is 15.9 Å². The molecule has 0 spiro atoms. The maximum Gasteiger partial charge on any atom is 0.410 e. The SMILES string of the molecule is C[Si](C)(C[C@H]1[C@@H]2[C@@H](O)[C@@H]([C@H]2Br)N1C(=O)OCc1ccccc1)c1ccccc1. The van der Waals surface area contributed by atoms with E-state index in [1.165, 1.54) is 5.19 Å². The van der Waals surface area contributed by atoms with Crippen LogP contribution in [0.15, 0.2) is 60.7 Å². The summed E-state index contributed by atoms with van der Waals surface area (Å²) in [7, 11) is -1.77. The number of aliphatic hydroxyl groups excluding tert-OH is 1. The van der Waals surface area contributed by atoms with Crippen molar-refractivity contribution in [2.75, 3.05) is 0 Å². The monoisotopic (exact) mass is 459 g/mol. The molecule has 5 rings (SSSR count). The van der Waals surface area contributed by atoms with Crippen LogP contribution in [-0.2, 0) is 11.3 Å².